The second kappa shape index (κ2) is 5.22. The van der Waals surface area contributed by atoms with Gasteiger partial charge in [0, 0.05) is 35.3 Å². The molecule has 0 bridgehead atoms. The zero-order valence-electron chi connectivity index (χ0n) is 10.5. The molecule has 20 heavy (non-hydrogen) atoms. The highest BCUT2D eigenvalue weighted by atomic mass is 35.5. The summed E-state index contributed by atoms with van der Waals surface area (Å²) in [6, 6.07) is 4.88. The molecule has 0 spiro atoms. The van der Waals surface area contributed by atoms with E-state index in [1.165, 1.54) is 25.0 Å². The summed E-state index contributed by atoms with van der Waals surface area (Å²) < 4.78 is 5.36. The van der Waals surface area contributed by atoms with Gasteiger partial charge in [-0.2, -0.15) is 0 Å². The SMILES string of the molecule is O=[N+]([O-])c1cc(Cl)cc(-c2nc(CNC3CC3)co2)c1. The summed E-state index contributed by atoms with van der Waals surface area (Å²) in [4.78, 5) is 14.6. The van der Waals surface area contributed by atoms with Crippen LogP contribution < -0.4 is 5.32 Å². The van der Waals surface area contributed by atoms with Gasteiger partial charge in [0.15, 0.2) is 0 Å². The van der Waals surface area contributed by atoms with Crippen LogP contribution in [0.15, 0.2) is 28.9 Å². The van der Waals surface area contributed by atoms with Crippen molar-refractivity contribution >= 4 is 17.3 Å². The highest BCUT2D eigenvalue weighted by Gasteiger charge is 2.21. The number of rotatable bonds is 5. The number of nitro benzene ring substituents is 1. The average molecular weight is 294 g/mol. The summed E-state index contributed by atoms with van der Waals surface area (Å²) in [6.07, 6.45) is 3.95. The predicted molar refractivity (Wildman–Crippen MR) is 73.5 cm³/mol. The number of oxazole rings is 1. The number of hydrogen-bond donors (Lipinski definition) is 1. The van der Waals surface area contributed by atoms with Gasteiger partial charge in [0.1, 0.15) is 6.26 Å². The molecule has 104 valence electrons. The minimum Gasteiger partial charge on any atom is -0.444 e. The van der Waals surface area contributed by atoms with Crippen molar-refractivity contribution in [3.8, 4) is 11.5 Å². The molecule has 1 saturated carbocycles. The van der Waals surface area contributed by atoms with Gasteiger partial charge in [0.25, 0.3) is 5.69 Å². The maximum absolute atomic E-state index is 10.8. The summed E-state index contributed by atoms with van der Waals surface area (Å²) >= 11 is 5.88. The van der Waals surface area contributed by atoms with Crippen LogP contribution in [-0.4, -0.2) is 15.9 Å². The van der Waals surface area contributed by atoms with Crippen molar-refractivity contribution < 1.29 is 9.34 Å². The van der Waals surface area contributed by atoms with E-state index in [1.54, 1.807) is 12.3 Å². The molecule has 0 radical (unpaired) electrons. The molecule has 0 aliphatic heterocycles. The van der Waals surface area contributed by atoms with Crippen LogP contribution in [0.3, 0.4) is 0 Å². The lowest BCUT2D eigenvalue weighted by atomic mass is 10.2. The van der Waals surface area contributed by atoms with Crippen LogP contribution in [0.4, 0.5) is 5.69 Å². The van der Waals surface area contributed by atoms with Crippen LogP contribution in [0.2, 0.25) is 5.02 Å². The van der Waals surface area contributed by atoms with Crippen molar-refractivity contribution in [2.45, 2.75) is 25.4 Å². The topological polar surface area (TPSA) is 81.2 Å². The average Bonchev–Trinajstić information content (AvgIpc) is 3.12. The first-order valence-corrected chi connectivity index (χ1v) is 6.63. The molecule has 1 aromatic carbocycles. The minimum absolute atomic E-state index is 0.0802. The number of benzene rings is 1. The normalized spacial score (nSPS) is 14.4. The summed E-state index contributed by atoms with van der Waals surface area (Å²) in [5.41, 5.74) is 1.19. The van der Waals surface area contributed by atoms with E-state index in [0.29, 0.717) is 24.0 Å². The van der Waals surface area contributed by atoms with Gasteiger partial charge in [0.2, 0.25) is 5.89 Å². The number of non-ortho nitro benzene ring substituents is 1. The molecule has 7 heteroatoms. The van der Waals surface area contributed by atoms with Crippen LogP contribution in [0.5, 0.6) is 0 Å². The molecule has 1 aliphatic rings. The number of nitrogens with one attached hydrogen (secondary N) is 1. The molecule has 1 heterocycles. The van der Waals surface area contributed by atoms with Gasteiger partial charge in [-0.05, 0) is 18.9 Å². The number of halogens is 1. The number of nitrogens with zero attached hydrogens (tertiary/aromatic N) is 2. The van der Waals surface area contributed by atoms with Gasteiger partial charge in [-0.25, -0.2) is 4.98 Å². The summed E-state index contributed by atoms with van der Waals surface area (Å²) in [6.45, 7) is 0.636. The first kappa shape index (κ1) is 13.1. The lowest BCUT2D eigenvalue weighted by molar-refractivity contribution is -0.384. The molecule has 0 atom stereocenters. The van der Waals surface area contributed by atoms with E-state index in [-0.39, 0.29) is 10.7 Å². The van der Waals surface area contributed by atoms with Crippen molar-refractivity contribution in [1.82, 2.24) is 10.3 Å². The van der Waals surface area contributed by atoms with Gasteiger partial charge in [-0.15, -0.1) is 0 Å². The number of nitro groups is 1. The fourth-order valence-corrected chi connectivity index (χ4v) is 2.09. The molecule has 2 aromatic rings. The lowest BCUT2D eigenvalue weighted by Crippen LogP contribution is -2.15. The summed E-state index contributed by atoms with van der Waals surface area (Å²) in [5, 5.41) is 14.4. The summed E-state index contributed by atoms with van der Waals surface area (Å²) in [7, 11) is 0. The maximum Gasteiger partial charge on any atom is 0.271 e. The van der Waals surface area contributed by atoms with E-state index in [2.05, 4.69) is 10.3 Å². The zero-order chi connectivity index (χ0) is 14.1. The van der Waals surface area contributed by atoms with Crippen molar-refractivity contribution in [1.29, 1.82) is 0 Å². The monoisotopic (exact) mass is 293 g/mol. The van der Waals surface area contributed by atoms with Crippen LogP contribution in [0, 0.1) is 10.1 Å². The van der Waals surface area contributed by atoms with Gasteiger partial charge in [-0.1, -0.05) is 11.6 Å². The highest BCUT2D eigenvalue weighted by Crippen LogP contribution is 2.28. The van der Waals surface area contributed by atoms with E-state index < -0.39 is 4.92 Å². The predicted octanol–water partition coefficient (Wildman–Crippen LogP) is 3.16. The number of hydrogen-bond acceptors (Lipinski definition) is 5. The van der Waals surface area contributed by atoms with Gasteiger partial charge >= 0.3 is 0 Å². The third-order valence-corrected chi connectivity index (χ3v) is 3.26. The standard InChI is InChI=1S/C13H12ClN3O3/c14-9-3-8(4-12(5-9)17(18)19)13-16-11(7-20-13)6-15-10-1-2-10/h3-5,7,10,15H,1-2,6H2. The van der Waals surface area contributed by atoms with Crippen LogP contribution in [0.25, 0.3) is 11.5 Å². The largest absolute Gasteiger partial charge is 0.444 e. The van der Waals surface area contributed by atoms with E-state index in [1.807, 2.05) is 0 Å². The van der Waals surface area contributed by atoms with Crippen molar-refractivity contribution in [3.05, 3.63) is 45.3 Å². The van der Waals surface area contributed by atoms with Crippen LogP contribution in [0.1, 0.15) is 18.5 Å². The quantitative estimate of drug-likeness (QED) is 0.676. The van der Waals surface area contributed by atoms with Crippen molar-refractivity contribution in [2.75, 3.05) is 0 Å². The highest BCUT2D eigenvalue weighted by molar-refractivity contribution is 6.31. The Hall–Kier alpha value is -1.92. The Kier molecular flexibility index (Phi) is 3.42. The number of aromatic nitrogens is 1. The van der Waals surface area contributed by atoms with E-state index >= 15 is 0 Å². The minimum atomic E-state index is -0.492. The Morgan fingerprint density at radius 2 is 2.25 bits per heavy atom. The second-order valence-electron chi connectivity index (χ2n) is 4.75. The van der Waals surface area contributed by atoms with E-state index in [0.717, 1.165) is 5.69 Å². The fraction of sp³-hybridized carbons (Fsp3) is 0.308. The maximum atomic E-state index is 10.8. The smallest absolute Gasteiger partial charge is 0.271 e. The Balaban J connectivity index is 1.82. The Morgan fingerprint density at radius 3 is 2.95 bits per heavy atom. The fourth-order valence-electron chi connectivity index (χ4n) is 1.86. The first-order valence-electron chi connectivity index (χ1n) is 6.25. The molecule has 0 unspecified atom stereocenters. The van der Waals surface area contributed by atoms with Gasteiger partial charge in [0.05, 0.1) is 10.6 Å². The third kappa shape index (κ3) is 2.97. The van der Waals surface area contributed by atoms with Crippen LogP contribution >= 0.6 is 11.6 Å². The Morgan fingerprint density at radius 1 is 1.45 bits per heavy atom. The van der Waals surface area contributed by atoms with Crippen molar-refractivity contribution in [3.63, 3.8) is 0 Å². The molecular weight excluding hydrogens is 282 g/mol. The lowest BCUT2D eigenvalue weighted by Gasteiger charge is -1.98. The Bertz CT molecular complexity index is 652. The molecule has 3 rings (SSSR count). The Labute approximate surface area is 119 Å². The zero-order valence-corrected chi connectivity index (χ0v) is 11.3. The van der Waals surface area contributed by atoms with Crippen LogP contribution in [-0.2, 0) is 6.54 Å². The molecular formula is C13H12ClN3O3. The van der Waals surface area contributed by atoms with Gasteiger partial charge in [-0.3, -0.25) is 10.1 Å². The first-order chi connectivity index (χ1) is 9.61. The molecule has 0 saturated heterocycles. The van der Waals surface area contributed by atoms with Gasteiger partial charge < -0.3 is 9.73 Å². The molecule has 1 aliphatic carbocycles. The van der Waals surface area contributed by atoms with E-state index in [4.69, 9.17) is 16.0 Å². The summed E-state index contributed by atoms with van der Waals surface area (Å²) in [5.74, 6) is 0.336. The second-order valence-corrected chi connectivity index (χ2v) is 5.19. The third-order valence-electron chi connectivity index (χ3n) is 3.04. The molecule has 1 aromatic heterocycles. The van der Waals surface area contributed by atoms with Crippen molar-refractivity contribution in [2.24, 2.45) is 0 Å². The molecule has 6 nitrogen and oxygen atoms in total. The molecule has 0 amide bonds. The van der Waals surface area contributed by atoms with E-state index in [9.17, 15) is 10.1 Å². The molecule has 1 fully saturated rings. The molecule has 1 N–H and O–H groups in total.